The van der Waals surface area contributed by atoms with Crippen molar-refractivity contribution in [2.24, 2.45) is 0 Å². The Morgan fingerprint density at radius 2 is 1.65 bits per heavy atom. The molecule has 0 radical (unpaired) electrons. The number of hydrogen-bond donors (Lipinski definition) is 0. The van der Waals surface area contributed by atoms with E-state index in [1.165, 1.54) is 14.2 Å². The van der Waals surface area contributed by atoms with E-state index in [4.69, 9.17) is 9.47 Å². The van der Waals surface area contributed by atoms with Crippen LogP contribution in [0.4, 0.5) is 0 Å². The van der Waals surface area contributed by atoms with Crippen LogP contribution in [0.25, 0.3) is 0 Å². The van der Waals surface area contributed by atoms with Gasteiger partial charge in [0.05, 0.1) is 19.8 Å². The predicted molar refractivity (Wildman–Crippen MR) is 64.6 cm³/mol. The normalized spacial score (nSPS) is 9.88. The SMILES string of the molecule is CCN(CC)C(=O)c1cc(OC)nc(OC)c1. The van der Waals surface area contributed by atoms with Gasteiger partial charge >= 0.3 is 0 Å². The summed E-state index contributed by atoms with van der Waals surface area (Å²) < 4.78 is 10.1. The lowest BCUT2D eigenvalue weighted by Crippen LogP contribution is -2.30. The van der Waals surface area contributed by atoms with Crippen LogP contribution in [0.3, 0.4) is 0 Å². The van der Waals surface area contributed by atoms with Crippen LogP contribution < -0.4 is 9.47 Å². The maximum absolute atomic E-state index is 12.1. The highest BCUT2D eigenvalue weighted by atomic mass is 16.5. The maximum Gasteiger partial charge on any atom is 0.254 e. The van der Waals surface area contributed by atoms with E-state index in [-0.39, 0.29) is 5.91 Å². The fraction of sp³-hybridized carbons (Fsp3) is 0.500. The van der Waals surface area contributed by atoms with Crippen molar-refractivity contribution in [3.05, 3.63) is 17.7 Å². The van der Waals surface area contributed by atoms with Gasteiger partial charge in [-0.05, 0) is 13.8 Å². The molecule has 0 saturated carbocycles. The third-order valence-electron chi connectivity index (χ3n) is 2.49. The van der Waals surface area contributed by atoms with Crippen LogP contribution in [-0.4, -0.2) is 43.1 Å². The number of hydrogen-bond acceptors (Lipinski definition) is 4. The Kier molecular flexibility index (Phi) is 4.75. The van der Waals surface area contributed by atoms with Crippen molar-refractivity contribution >= 4 is 5.91 Å². The van der Waals surface area contributed by atoms with Crippen LogP contribution in [0.15, 0.2) is 12.1 Å². The maximum atomic E-state index is 12.1. The van der Waals surface area contributed by atoms with Crippen LogP contribution in [0.1, 0.15) is 24.2 Å². The predicted octanol–water partition coefficient (Wildman–Crippen LogP) is 1.58. The Morgan fingerprint density at radius 1 is 1.18 bits per heavy atom. The van der Waals surface area contributed by atoms with Gasteiger partial charge in [-0.25, -0.2) is 0 Å². The monoisotopic (exact) mass is 238 g/mol. The molecule has 17 heavy (non-hydrogen) atoms. The van der Waals surface area contributed by atoms with E-state index in [2.05, 4.69) is 4.98 Å². The van der Waals surface area contributed by atoms with E-state index >= 15 is 0 Å². The summed E-state index contributed by atoms with van der Waals surface area (Å²) in [5, 5.41) is 0. The number of nitrogens with zero attached hydrogens (tertiary/aromatic N) is 2. The number of carbonyl (C=O) groups excluding carboxylic acids is 1. The Bertz CT molecular complexity index is 367. The largest absolute Gasteiger partial charge is 0.481 e. The van der Waals surface area contributed by atoms with Crippen molar-refractivity contribution in [3.8, 4) is 11.8 Å². The van der Waals surface area contributed by atoms with Gasteiger partial charge in [-0.1, -0.05) is 0 Å². The van der Waals surface area contributed by atoms with Gasteiger partial charge < -0.3 is 14.4 Å². The van der Waals surface area contributed by atoms with E-state index in [1.54, 1.807) is 17.0 Å². The fourth-order valence-corrected chi connectivity index (χ4v) is 1.51. The molecule has 0 aliphatic heterocycles. The summed E-state index contributed by atoms with van der Waals surface area (Å²) in [6.07, 6.45) is 0. The van der Waals surface area contributed by atoms with Crippen molar-refractivity contribution in [2.45, 2.75) is 13.8 Å². The molecule has 0 saturated heterocycles. The number of aromatic nitrogens is 1. The summed E-state index contributed by atoms with van der Waals surface area (Å²) >= 11 is 0. The minimum Gasteiger partial charge on any atom is -0.481 e. The molecule has 0 aromatic carbocycles. The van der Waals surface area contributed by atoms with E-state index in [0.29, 0.717) is 30.4 Å². The smallest absolute Gasteiger partial charge is 0.254 e. The van der Waals surface area contributed by atoms with Crippen LogP contribution in [-0.2, 0) is 0 Å². The van der Waals surface area contributed by atoms with E-state index in [9.17, 15) is 4.79 Å². The third-order valence-corrected chi connectivity index (χ3v) is 2.49. The molecule has 5 nitrogen and oxygen atoms in total. The van der Waals surface area contributed by atoms with Gasteiger partial charge in [0.15, 0.2) is 0 Å². The minimum atomic E-state index is -0.0472. The Hall–Kier alpha value is -1.78. The van der Waals surface area contributed by atoms with Crippen LogP contribution in [0, 0.1) is 0 Å². The molecule has 0 unspecified atom stereocenters. The molecule has 0 spiro atoms. The number of rotatable bonds is 5. The number of carbonyl (C=O) groups is 1. The van der Waals surface area contributed by atoms with Crippen molar-refractivity contribution in [3.63, 3.8) is 0 Å². The standard InChI is InChI=1S/C12H18N2O3/c1-5-14(6-2)12(15)9-7-10(16-3)13-11(8-9)17-4/h7-8H,5-6H2,1-4H3. The molecule has 0 N–H and O–H groups in total. The molecule has 1 aromatic heterocycles. The van der Waals surface area contributed by atoms with Crippen LogP contribution >= 0.6 is 0 Å². The first-order valence-corrected chi connectivity index (χ1v) is 5.55. The zero-order chi connectivity index (χ0) is 12.8. The summed E-state index contributed by atoms with van der Waals surface area (Å²) in [5.41, 5.74) is 0.525. The molecule has 94 valence electrons. The van der Waals surface area contributed by atoms with Crippen LogP contribution in [0.2, 0.25) is 0 Å². The van der Waals surface area contributed by atoms with E-state index < -0.39 is 0 Å². The Labute approximate surface area is 101 Å². The fourth-order valence-electron chi connectivity index (χ4n) is 1.51. The van der Waals surface area contributed by atoms with Gasteiger partial charge in [0.2, 0.25) is 11.8 Å². The zero-order valence-corrected chi connectivity index (χ0v) is 10.7. The number of amides is 1. The molecule has 1 rings (SSSR count). The molecular weight excluding hydrogens is 220 g/mol. The molecule has 0 fully saturated rings. The second kappa shape index (κ2) is 6.08. The molecular formula is C12H18N2O3. The third kappa shape index (κ3) is 3.09. The molecule has 0 atom stereocenters. The molecule has 0 bridgehead atoms. The summed E-state index contributed by atoms with van der Waals surface area (Å²) in [6.45, 7) is 5.22. The Morgan fingerprint density at radius 3 is 2.00 bits per heavy atom. The first-order chi connectivity index (χ1) is 8.15. The highest BCUT2D eigenvalue weighted by molar-refractivity contribution is 5.94. The van der Waals surface area contributed by atoms with Gasteiger partial charge in [0.25, 0.3) is 5.91 Å². The average Bonchev–Trinajstić information content (AvgIpc) is 2.39. The lowest BCUT2D eigenvalue weighted by atomic mass is 10.2. The van der Waals surface area contributed by atoms with Crippen molar-refractivity contribution in [2.75, 3.05) is 27.3 Å². The lowest BCUT2D eigenvalue weighted by molar-refractivity contribution is 0.0772. The van der Waals surface area contributed by atoms with E-state index in [0.717, 1.165) is 0 Å². The first-order valence-electron chi connectivity index (χ1n) is 5.55. The van der Waals surface area contributed by atoms with Gasteiger partial charge in [-0.3, -0.25) is 4.79 Å². The van der Waals surface area contributed by atoms with Crippen molar-refractivity contribution in [1.29, 1.82) is 0 Å². The second-order valence-electron chi connectivity index (χ2n) is 3.42. The first kappa shape index (κ1) is 13.3. The van der Waals surface area contributed by atoms with Gasteiger partial charge in [-0.2, -0.15) is 4.98 Å². The second-order valence-corrected chi connectivity index (χ2v) is 3.42. The highest BCUT2D eigenvalue weighted by Gasteiger charge is 2.15. The van der Waals surface area contributed by atoms with E-state index in [1.807, 2.05) is 13.8 Å². The molecule has 1 aromatic rings. The van der Waals surface area contributed by atoms with Crippen molar-refractivity contribution in [1.82, 2.24) is 9.88 Å². The molecule has 5 heteroatoms. The summed E-state index contributed by atoms with van der Waals surface area (Å²) in [4.78, 5) is 17.9. The Balaban J connectivity index is 3.07. The summed E-state index contributed by atoms with van der Waals surface area (Å²) in [7, 11) is 3.01. The summed E-state index contributed by atoms with van der Waals surface area (Å²) in [6, 6.07) is 3.23. The average molecular weight is 238 g/mol. The number of ether oxygens (including phenoxy) is 2. The summed E-state index contributed by atoms with van der Waals surface area (Å²) in [5.74, 6) is 0.703. The number of pyridine rings is 1. The number of methoxy groups -OCH3 is 2. The minimum absolute atomic E-state index is 0.0472. The van der Waals surface area contributed by atoms with Gasteiger partial charge in [0, 0.05) is 25.2 Å². The van der Waals surface area contributed by atoms with Crippen molar-refractivity contribution < 1.29 is 14.3 Å². The van der Waals surface area contributed by atoms with Gasteiger partial charge in [-0.15, -0.1) is 0 Å². The molecule has 0 aliphatic carbocycles. The highest BCUT2D eigenvalue weighted by Crippen LogP contribution is 2.18. The topological polar surface area (TPSA) is 51.7 Å². The van der Waals surface area contributed by atoms with Gasteiger partial charge in [0.1, 0.15) is 0 Å². The zero-order valence-electron chi connectivity index (χ0n) is 10.7. The molecule has 0 aliphatic rings. The molecule has 1 heterocycles. The lowest BCUT2D eigenvalue weighted by Gasteiger charge is -2.19. The quantitative estimate of drug-likeness (QED) is 0.781. The molecule has 1 amide bonds. The van der Waals surface area contributed by atoms with Crippen LogP contribution in [0.5, 0.6) is 11.8 Å².